The molecule has 0 amide bonds. The molecule has 0 atom stereocenters. The van der Waals surface area contributed by atoms with Gasteiger partial charge in [-0.25, -0.2) is 0 Å². The Balaban J connectivity index is 0.000000320. The molecule has 6 N–H and O–H groups in total. The molecule has 0 aliphatic rings. The maximum absolute atomic E-state index is 11.2. The summed E-state index contributed by atoms with van der Waals surface area (Å²) >= 11 is 0. The van der Waals surface area contributed by atoms with Crippen LogP contribution in [0.3, 0.4) is 0 Å². The van der Waals surface area contributed by atoms with Gasteiger partial charge >= 0.3 is 27.1 Å². The first kappa shape index (κ1) is 27.7. The zero-order valence-electron chi connectivity index (χ0n) is 17.5. The van der Waals surface area contributed by atoms with Crippen LogP contribution < -0.4 is 10.6 Å². The molecule has 0 aliphatic heterocycles. The summed E-state index contributed by atoms with van der Waals surface area (Å²) in [4.78, 5) is 57.1. The first-order chi connectivity index (χ1) is 14.6. The molecule has 0 saturated heterocycles. The van der Waals surface area contributed by atoms with E-state index in [4.69, 9.17) is 29.8 Å². The van der Waals surface area contributed by atoms with E-state index in [0.29, 0.717) is 16.7 Å². The average molecular weight is 488 g/mol. The van der Waals surface area contributed by atoms with E-state index in [2.05, 4.69) is 0 Å². The van der Waals surface area contributed by atoms with Crippen LogP contribution in [0, 0.1) is 13.8 Å². The monoisotopic (exact) mass is 488 g/mol. The van der Waals surface area contributed by atoms with Crippen LogP contribution in [0.2, 0.25) is 0 Å². The number of carboxylic acids is 2. The van der Waals surface area contributed by atoms with Crippen LogP contribution in [-0.4, -0.2) is 41.7 Å². The number of carbonyl (C=O) groups is 2. The summed E-state index contributed by atoms with van der Waals surface area (Å²) in [6.07, 6.45) is 0.209. The quantitative estimate of drug-likeness (QED) is 0.298. The third kappa shape index (κ3) is 9.04. The molecule has 10 nitrogen and oxygen atoms in total. The highest BCUT2D eigenvalue weighted by Gasteiger charge is 2.22. The molecule has 0 bridgehead atoms. The molecule has 0 aliphatic carbocycles. The van der Waals surface area contributed by atoms with Crippen LogP contribution >= 0.6 is 15.2 Å². The minimum atomic E-state index is -4.34. The standard InChI is InChI=1S/2C10H13O5P/c1-7-2-4-9(16(13,14)15)6-8(7)3-5-10(11)12;1-7-3-2-4-9(16(13,14)15)8(7)5-6-10(11)12/h2,4,6H,3,5H2,1H3,(H,11,12)(H2,13,14,15);2-4H,5-6H2,1H3,(H,11,12)(H2,13,14,15). The Morgan fingerprint density at radius 1 is 0.781 bits per heavy atom. The molecule has 176 valence electrons. The van der Waals surface area contributed by atoms with E-state index >= 15 is 0 Å². The second kappa shape index (κ2) is 11.5. The number of rotatable bonds is 8. The molecule has 0 fully saturated rings. The summed E-state index contributed by atoms with van der Waals surface area (Å²) < 4.78 is 22.2. The maximum Gasteiger partial charge on any atom is 0.356 e. The van der Waals surface area contributed by atoms with E-state index in [9.17, 15) is 18.7 Å². The van der Waals surface area contributed by atoms with Crippen molar-refractivity contribution in [2.24, 2.45) is 0 Å². The first-order valence-electron chi connectivity index (χ1n) is 9.36. The van der Waals surface area contributed by atoms with Gasteiger partial charge in [0.1, 0.15) is 0 Å². The predicted molar refractivity (Wildman–Crippen MR) is 118 cm³/mol. The molecular formula is C20H26O10P2. The lowest BCUT2D eigenvalue weighted by Gasteiger charge is -2.12. The highest BCUT2D eigenvalue weighted by molar-refractivity contribution is 7.60. The van der Waals surface area contributed by atoms with Crippen LogP contribution in [0.1, 0.15) is 35.1 Å². The molecule has 0 radical (unpaired) electrons. The molecule has 2 rings (SSSR count). The average Bonchev–Trinajstić information content (AvgIpc) is 2.64. The van der Waals surface area contributed by atoms with Gasteiger partial charge in [-0.2, -0.15) is 0 Å². The number of aliphatic carboxylic acids is 2. The Morgan fingerprint density at radius 2 is 1.34 bits per heavy atom. The molecule has 0 unspecified atom stereocenters. The largest absolute Gasteiger partial charge is 0.481 e. The summed E-state index contributed by atoms with van der Waals surface area (Å²) in [5, 5.41) is 17.0. The summed E-state index contributed by atoms with van der Waals surface area (Å²) in [6.45, 7) is 3.48. The Hall–Kier alpha value is -2.32. The fourth-order valence-electron chi connectivity index (χ4n) is 2.87. The second-order valence-electron chi connectivity index (χ2n) is 7.06. The lowest BCUT2D eigenvalue weighted by atomic mass is 10.0. The number of hydrogen-bond donors (Lipinski definition) is 6. The van der Waals surface area contributed by atoms with Gasteiger partial charge in [-0.15, -0.1) is 0 Å². The molecule has 0 heterocycles. The molecule has 2 aromatic carbocycles. The smallest absolute Gasteiger partial charge is 0.356 e. The van der Waals surface area contributed by atoms with Crippen molar-refractivity contribution in [3.8, 4) is 0 Å². The fraction of sp³-hybridized carbons (Fsp3) is 0.300. The van der Waals surface area contributed by atoms with Gasteiger partial charge in [-0.1, -0.05) is 18.2 Å². The lowest BCUT2D eigenvalue weighted by Crippen LogP contribution is -2.14. The topological polar surface area (TPSA) is 190 Å². The van der Waals surface area contributed by atoms with E-state index in [1.165, 1.54) is 18.2 Å². The third-order valence-corrected chi connectivity index (χ3v) is 6.56. The predicted octanol–water partition coefficient (Wildman–Crippen LogP) is 1.63. The van der Waals surface area contributed by atoms with E-state index in [0.717, 1.165) is 5.56 Å². The van der Waals surface area contributed by atoms with Crippen molar-refractivity contribution in [2.45, 2.75) is 39.5 Å². The summed E-state index contributed by atoms with van der Waals surface area (Å²) in [5.74, 6) is -1.92. The van der Waals surface area contributed by atoms with E-state index in [-0.39, 0.29) is 36.3 Å². The van der Waals surface area contributed by atoms with Crippen molar-refractivity contribution in [1.29, 1.82) is 0 Å². The summed E-state index contributed by atoms with van der Waals surface area (Å²) in [5.41, 5.74) is 2.61. The molecule has 2 aromatic rings. The molecular weight excluding hydrogens is 462 g/mol. The SMILES string of the molecule is Cc1ccc(P(=O)(O)O)cc1CCC(=O)O.Cc1cccc(P(=O)(O)O)c1CCC(=O)O. The highest BCUT2D eigenvalue weighted by Crippen LogP contribution is 2.36. The highest BCUT2D eigenvalue weighted by atomic mass is 31.2. The zero-order valence-corrected chi connectivity index (χ0v) is 19.3. The maximum atomic E-state index is 11.2. The van der Waals surface area contributed by atoms with Gasteiger partial charge in [-0.3, -0.25) is 18.7 Å². The van der Waals surface area contributed by atoms with Gasteiger partial charge in [0.2, 0.25) is 0 Å². The number of aryl methyl sites for hydroxylation is 3. The van der Waals surface area contributed by atoms with Gasteiger partial charge < -0.3 is 29.8 Å². The number of benzene rings is 2. The van der Waals surface area contributed by atoms with Crippen molar-refractivity contribution in [2.75, 3.05) is 0 Å². The molecule has 0 spiro atoms. The molecule has 0 aromatic heterocycles. The first-order valence-corrected chi connectivity index (χ1v) is 12.6. The third-order valence-electron chi connectivity index (χ3n) is 4.57. The Kier molecular flexibility index (Phi) is 9.97. The van der Waals surface area contributed by atoms with Crippen LogP contribution in [0.25, 0.3) is 0 Å². The van der Waals surface area contributed by atoms with Gasteiger partial charge in [0.15, 0.2) is 0 Å². The number of hydrogen-bond acceptors (Lipinski definition) is 4. The number of carboxylic acid groups (broad SMARTS) is 2. The van der Waals surface area contributed by atoms with Gasteiger partial charge in [0, 0.05) is 12.8 Å². The van der Waals surface area contributed by atoms with E-state index in [1.54, 1.807) is 32.0 Å². The zero-order chi connectivity index (χ0) is 24.7. The molecule has 32 heavy (non-hydrogen) atoms. The van der Waals surface area contributed by atoms with Crippen molar-refractivity contribution in [3.63, 3.8) is 0 Å². The van der Waals surface area contributed by atoms with Gasteiger partial charge in [0.25, 0.3) is 0 Å². The summed E-state index contributed by atoms with van der Waals surface area (Å²) in [7, 11) is -8.60. The molecule has 12 heteroatoms. The Morgan fingerprint density at radius 3 is 1.84 bits per heavy atom. The van der Waals surface area contributed by atoms with Crippen molar-refractivity contribution < 1.29 is 48.5 Å². The van der Waals surface area contributed by atoms with Crippen molar-refractivity contribution in [1.82, 2.24) is 0 Å². The van der Waals surface area contributed by atoms with Crippen molar-refractivity contribution in [3.05, 3.63) is 58.7 Å². The Bertz CT molecular complexity index is 1070. The van der Waals surface area contributed by atoms with Crippen LogP contribution in [0.4, 0.5) is 0 Å². The molecule has 0 saturated carbocycles. The van der Waals surface area contributed by atoms with E-state index < -0.39 is 27.1 Å². The van der Waals surface area contributed by atoms with Crippen LogP contribution in [0.15, 0.2) is 36.4 Å². The second-order valence-corrected chi connectivity index (χ2v) is 10.2. The van der Waals surface area contributed by atoms with Crippen LogP contribution in [0.5, 0.6) is 0 Å². The lowest BCUT2D eigenvalue weighted by molar-refractivity contribution is -0.138. The Labute approximate surface area is 184 Å². The van der Waals surface area contributed by atoms with Gasteiger partial charge in [0.05, 0.1) is 10.6 Å². The van der Waals surface area contributed by atoms with Gasteiger partial charge in [-0.05, 0) is 67.1 Å². The van der Waals surface area contributed by atoms with E-state index in [1.807, 2.05) is 0 Å². The summed E-state index contributed by atoms with van der Waals surface area (Å²) in [6, 6.07) is 8.92. The van der Waals surface area contributed by atoms with Crippen molar-refractivity contribution >= 4 is 37.7 Å². The minimum absolute atomic E-state index is 0.0501. The minimum Gasteiger partial charge on any atom is -0.481 e. The normalized spacial score (nSPS) is 11.4. The fourth-order valence-corrected chi connectivity index (χ4v) is 4.38. The van der Waals surface area contributed by atoms with Crippen LogP contribution in [-0.2, 0) is 31.6 Å².